The maximum Gasteiger partial charge on any atom is 0.118 e. The average Bonchev–Trinajstić information content (AvgIpc) is 2.79. The maximum absolute atomic E-state index is 5.94. The summed E-state index contributed by atoms with van der Waals surface area (Å²) in [4.78, 5) is 4.86. The number of rotatable bonds is 3. The zero-order valence-corrected chi connectivity index (χ0v) is 13.4. The van der Waals surface area contributed by atoms with Gasteiger partial charge in [-0.25, -0.2) is 0 Å². The number of aryl methyl sites for hydroxylation is 2. The van der Waals surface area contributed by atoms with Crippen LogP contribution in [0.2, 0.25) is 5.02 Å². The van der Waals surface area contributed by atoms with Crippen LogP contribution in [0.15, 0.2) is 34.7 Å². The van der Waals surface area contributed by atoms with Gasteiger partial charge in [0.2, 0.25) is 0 Å². The van der Waals surface area contributed by atoms with Gasteiger partial charge in [0, 0.05) is 36.9 Å². The third-order valence-corrected chi connectivity index (χ3v) is 4.41. The molecule has 1 aromatic heterocycles. The van der Waals surface area contributed by atoms with Crippen molar-refractivity contribution in [3.63, 3.8) is 0 Å². The number of hydrogen-bond donors (Lipinski definition) is 0. The standard InChI is InChI=1S/C17H21ClN2O/c1-13-11-17(21-14(13)2)12-19-7-9-20(10-8-19)16-5-3-15(18)4-6-16/h3-6,11H,7-10,12H2,1-2H3. The molecule has 0 saturated carbocycles. The minimum absolute atomic E-state index is 0.793. The third kappa shape index (κ3) is 3.42. The molecule has 0 bridgehead atoms. The number of furan rings is 1. The van der Waals surface area contributed by atoms with Crippen molar-refractivity contribution in [1.29, 1.82) is 0 Å². The highest BCUT2D eigenvalue weighted by Crippen LogP contribution is 2.21. The fourth-order valence-electron chi connectivity index (χ4n) is 2.76. The van der Waals surface area contributed by atoms with Crippen LogP contribution < -0.4 is 4.90 Å². The first-order valence-electron chi connectivity index (χ1n) is 7.40. The van der Waals surface area contributed by atoms with E-state index in [1.807, 2.05) is 19.1 Å². The van der Waals surface area contributed by atoms with Crippen molar-refractivity contribution < 1.29 is 4.42 Å². The zero-order chi connectivity index (χ0) is 14.8. The Labute approximate surface area is 131 Å². The zero-order valence-electron chi connectivity index (χ0n) is 12.6. The van der Waals surface area contributed by atoms with Gasteiger partial charge in [0.05, 0.1) is 6.54 Å². The van der Waals surface area contributed by atoms with E-state index in [4.69, 9.17) is 16.0 Å². The summed E-state index contributed by atoms with van der Waals surface area (Å²) in [5.74, 6) is 2.11. The summed E-state index contributed by atoms with van der Waals surface area (Å²) in [5.41, 5.74) is 2.49. The molecule has 1 aliphatic rings. The van der Waals surface area contributed by atoms with Gasteiger partial charge in [-0.2, -0.15) is 0 Å². The van der Waals surface area contributed by atoms with E-state index in [-0.39, 0.29) is 0 Å². The van der Waals surface area contributed by atoms with Gasteiger partial charge in [-0.15, -0.1) is 0 Å². The van der Waals surface area contributed by atoms with Crippen molar-refractivity contribution in [2.24, 2.45) is 0 Å². The van der Waals surface area contributed by atoms with Crippen LogP contribution in [0.3, 0.4) is 0 Å². The second-order valence-electron chi connectivity index (χ2n) is 5.69. The van der Waals surface area contributed by atoms with Crippen LogP contribution in [0, 0.1) is 13.8 Å². The Balaban J connectivity index is 1.56. The Bertz CT molecular complexity index is 578. The molecule has 0 spiro atoms. The van der Waals surface area contributed by atoms with Gasteiger partial charge in [-0.3, -0.25) is 4.90 Å². The van der Waals surface area contributed by atoms with E-state index in [0.29, 0.717) is 0 Å². The summed E-state index contributed by atoms with van der Waals surface area (Å²) in [6.07, 6.45) is 0. The molecule has 1 saturated heterocycles. The van der Waals surface area contributed by atoms with Crippen molar-refractivity contribution in [2.45, 2.75) is 20.4 Å². The molecule has 2 heterocycles. The second-order valence-corrected chi connectivity index (χ2v) is 6.13. The summed E-state index contributed by atoms with van der Waals surface area (Å²) in [7, 11) is 0. The minimum atomic E-state index is 0.793. The molecule has 1 aromatic carbocycles. The highest BCUT2D eigenvalue weighted by Gasteiger charge is 2.18. The highest BCUT2D eigenvalue weighted by molar-refractivity contribution is 6.30. The molecule has 0 amide bonds. The molecule has 0 unspecified atom stereocenters. The van der Waals surface area contributed by atoms with Crippen molar-refractivity contribution >= 4 is 17.3 Å². The van der Waals surface area contributed by atoms with E-state index in [2.05, 4.69) is 34.9 Å². The van der Waals surface area contributed by atoms with Gasteiger partial charge in [0.1, 0.15) is 11.5 Å². The first-order valence-corrected chi connectivity index (χ1v) is 7.78. The molecule has 0 N–H and O–H groups in total. The second kappa shape index (κ2) is 6.12. The normalized spacial score (nSPS) is 16.4. The van der Waals surface area contributed by atoms with E-state index < -0.39 is 0 Å². The lowest BCUT2D eigenvalue weighted by Gasteiger charge is -2.35. The number of nitrogens with zero attached hydrogens (tertiary/aromatic N) is 2. The van der Waals surface area contributed by atoms with Gasteiger partial charge >= 0.3 is 0 Å². The van der Waals surface area contributed by atoms with E-state index in [1.54, 1.807) is 0 Å². The summed E-state index contributed by atoms with van der Waals surface area (Å²) in [5, 5.41) is 0.793. The van der Waals surface area contributed by atoms with Gasteiger partial charge in [0.25, 0.3) is 0 Å². The lowest BCUT2D eigenvalue weighted by atomic mass is 10.2. The van der Waals surface area contributed by atoms with E-state index in [1.165, 1.54) is 11.3 Å². The van der Waals surface area contributed by atoms with Crippen LogP contribution in [-0.2, 0) is 6.54 Å². The predicted molar refractivity (Wildman–Crippen MR) is 87.1 cm³/mol. The molecular formula is C17H21ClN2O. The van der Waals surface area contributed by atoms with E-state index in [9.17, 15) is 0 Å². The molecule has 4 heteroatoms. The largest absolute Gasteiger partial charge is 0.465 e. The van der Waals surface area contributed by atoms with Gasteiger partial charge in [0.15, 0.2) is 0 Å². The third-order valence-electron chi connectivity index (χ3n) is 4.16. The van der Waals surface area contributed by atoms with Gasteiger partial charge in [-0.1, -0.05) is 11.6 Å². The van der Waals surface area contributed by atoms with Crippen molar-refractivity contribution in [1.82, 2.24) is 4.90 Å². The van der Waals surface area contributed by atoms with Crippen molar-refractivity contribution in [2.75, 3.05) is 31.1 Å². The molecule has 0 atom stereocenters. The van der Waals surface area contributed by atoms with E-state index in [0.717, 1.165) is 49.3 Å². The lowest BCUT2D eigenvalue weighted by molar-refractivity contribution is 0.229. The fourth-order valence-corrected chi connectivity index (χ4v) is 2.89. The molecule has 1 fully saturated rings. The Kier molecular flexibility index (Phi) is 4.22. The van der Waals surface area contributed by atoms with Crippen molar-refractivity contribution in [3.8, 4) is 0 Å². The van der Waals surface area contributed by atoms with Crippen LogP contribution >= 0.6 is 11.6 Å². The molecule has 21 heavy (non-hydrogen) atoms. The smallest absolute Gasteiger partial charge is 0.118 e. The van der Waals surface area contributed by atoms with Crippen LogP contribution in [0.5, 0.6) is 0 Å². The first-order chi connectivity index (χ1) is 10.1. The highest BCUT2D eigenvalue weighted by atomic mass is 35.5. The topological polar surface area (TPSA) is 19.6 Å². The molecular weight excluding hydrogens is 284 g/mol. The lowest BCUT2D eigenvalue weighted by Crippen LogP contribution is -2.45. The molecule has 3 rings (SSSR count). The van der Waals surface area contributed by atoms with Gasteiger partial charge in [-0.05, 0) is 49.7 Å². The molecule has 112 valence electrons. The van der Waals surface area contributed by atoms with Crippen LogP contribution in [0.25, 0.3) is 0 Å². The molecule has 2 aromatic rings. The fraction of sp³-hybridized carbons (Fsp3) is 0.412. The monoisotopic (exact) mass is 304 g/mol. The van der Waals surface area contributed by atoms with Crippen LogP contribution in [0.1, 0.15) is 17.1 Å². The maximum atomic E-state index is 5.94. The number of hydrogen-bond acceptors (Lipinski definition) is 3. The van der Waals surface area contributed by atoms with E-state index >= 15 is 0 Å². The van der Waals surface area contributed by atoms with Crippen LogP contribution in [-0.4, -0.2) is 31.1 Å². The Morgan fingerprint density at radius 3 is 2.29 bits per heavy atom. The number of anilines is 1. The molecule has 0 aliphatic carbocycles. The quantitative estimate of drug-likeness (QED) is 0.858. The SMILES string of the molecule is Cc1cc(CN2CCN(c3ccc(Cl)cc3)CC2)oc1C. The molecule has 0 radical (unpaired) electrons. The predicted octanol–water partition coefficient (Wildman–Crippen LogP) is 3.87. The number of benzene rings is 1. The summed E-state index contributed by atoms with van der Waals surface area (Å²) >= 11 is 5.94. The summed E-state index contributed by atoms with van der Waals surface area (Å²) in [6, 6.07) is 10.3. The van der Waals surface area contributed by atoms with Gasteiger partial charge < -0.3 is 9.32 Å². The minimum Gasteiger partial charge on any atom is -0.465 e. The molecule has 1 aliphatic heterocycles. The number of halogens is 1. The van der Waals surface area contributed by atoms with Crippen LogP contribution in [0.4, 0.5) is 5.69 Å². The average molecular weight is 305 g/mol. The summed E-state index contributed by atoms with van der Waals surface area (Å²) in [6.45, 7) is 9.23. The number of piperazine rings is 1. The Morgan fingerprint density at radius 1 is 1.05 bits per heavy atom. The molecule has 3 nitrogen and oxygen atoms in total. The van der Waals surface area contributed by atoms with Crippen molar-refractivity contribution in [3.05, 3.63) is 52.4 Å². The summed E-state index contributed by atoms with van der Waals surface area (Å²) < 4.78 is 5.77. The first kappa shape index (κ1) is 14.5. The Hall–Kier alpha value is -1.45. The Morgan fingerprint density at radius 2 is 1.71 bits per heavy atom.